The number of hydrogen-bond donors (Lipinski definition) is 2. The average molecular weight is 318 g/mol. The Morgan fingerprint density at radius 1 is 1.43 bits per heavy atom. The molecule has 1 heterocycles. The van der Waals surface area contributed by atoms with Crippen LogP contribution in [0.15, 0.2) is 0 Å². The molecule has 1 fully saturated rings. The van der Waals surface area contributed by atoms with E-state index in [0.717, 1.165) is 5.75 Å². The van der Waals surface area contributed by atoms with E-state index in [-0.39, 0.29) is 18.6 Å². The van der Waals surface area contributed by atoms with Crippen molar-refractivity contribution >= 4 is 23.8 Å². The van der Waals surface area contributed by atoms with Gasteiger partial charge in [0, 0.05) is 24.9 Å². The summed E-state index contributed by atoms with van der Waals surface area (Å²) < 4.78 is 5.30. The van der Waals surface area contributed by atoms with Crippen molar-refractivity contribution in [2.24, 2.45) is 0 Å². The highest BCUT2D eigenvalue weighted by Gasteiger charge is 2.48. The zero-order chi connectivity index (χ0) is 16.3. The van der Waals surface area contributed by atoms with E-state index < -0.39 is 17.1 Å². The normalized spacial score (nSPS) is 18.8. The molecule has 122 valence electrons. The van der Waals surface area contributed by atoms with Crippen molar-refractivity contribution in [1.29, 1.82) is 0 Å². The fourth-order valence-corrected chi connectivity index (χ4v) is 3.08. The molecule has 0 aliphatic carbocycles. The van der Waals surface area contributed by atoms with Gasteiger partial charge < -0.3 is 20.1 Å². The first kappa shape index (κ1) is 18.1. The third-order valence-electron chi connectivity index (χ3n) is 3.10. The van der Waals surface area contributed by atoms with Crippen molar-refractivity contribution < 1.29 is 19.4 Å². The molecule has 2 N–H and O–H groups in total. The standard InChI is InChI=1S/C14H26N2O4S/c1-10(7-21-5)15-14(6-11(17)18)8-16(9-14)12(19)20-13(2,3)4/h10,15H,6-9H2,1-5H3,(H,17,18). The molecule has 1 rings (SSSR count). The van der Waals surface area contributed by atoms with Crippen molar-refractivity contribution in [3.8, 4) is 0 Å². The molecule has 0 aromatic heterocycles. The minimum absolute atomic E-state index is 0.00498. The minimum atomic E-state index is -0.859. The first-order chi connectivity index (χ1) is 9.57. The smallest absolute Gasteiger partial charge is 0.410 e. The number of ether oxygens (including phenoxy) is 1. The Bertz CT molecular complexity index is 389. The van der Waals surface area contributed by atoms with Gasteiger partial charge in [-0.2, -0.15) is 11.8 Å². The fraction of sp³-hybridized carbons (Fsp3) is 0.857. The summed E-state index contributed by atoms with van der Waals surface area (Å²) in [6.07, 6.45) is 1.63. The molecule has 1 unspecified atom stereocenters. The van der Waals surface area contributed by atoms with Gasteiger partial charge in [0.2, 0.25) is 0 Å². The van der Waals surface area contributed by atoms with Crippen molar-refractivity contribution in [2.45, 2.75) is 51.3 Å². The monoisotopic (exact) mass is 318 g/mol. The predicted octanol–water partition coefficient (Wildman–Crippen LogP) is 1.79. The van der Waals surface area contributed by atoms with Crippen LogP contribution in [0.5, 0.6) is 0 Å². The number of hydrogen-bond acceptors (Lipinski definition) is 5. The number of likely N-dealkylation sites (tertiary alicyclic amines) is 1. The second-order valence-electron chi connectivity index (χ2n) is 6.69. The summed E-state index contributed by atoms with van der Waals surface area (Å²) in [4.78, 5) is 24.6. The average Bonchev–Trinajstić information content (AvgIpc) is 2.21. The molecule has 1 amide bonds. The summed E-state index contributed by atoms with van der Waals surface area (Å²) in [5.41, 5.74) is -1.08. The van der Waals surface area contributed by atoms with Crippen LogP contribution in [-0.4, -0.2) is 64.3 Å². The van der Waals surface area contributed by atoms with Crippen LogP contribution in [0.3, 0.4) is 0 Å². The number of aliphatic carboxylic acids is 1. The molecule has 0 radical (unpaired) electrons. The molecule has 0 aromatic rings. The molecule has 1 saturated heterocycles. The van der Waals surface area contributed by atoms with Crippen LogP contribution in [0.2, 0.25) is 0 Å². The number of carbonyl (C=O) groups excluding carboxylic acids is 1. The highest BCUT2D eigenvalue weighted by atomic mass is 32.2. The lowest BCUT2D eigenvalue weighted by atomic mass is 9.85. The number of rotatable bonds is 6. The number of carboxylic acids is 1. The second kappa shape index (κ2) is 6.87. The zero-order valence-corrected chi connectivity index (χ0v) is 14.2. The Hall–Kier alpha value is -0.950. The molecular weight excluding hydrogens is 292 g/mol. The van der Waals surface area contributed by atoms with Crippen molar-refractivity contribution in [3.05, 3.63) is 0 Å². The Morgan fingerprint density at radius 3 is 2.43 bits per heavy atom. The number of carboxylic acid groups (broad SMARTS) is 1. The number of nitrogens with zero attached hydrogens (tertiary/aromatic N) is 1. The highest BCUT2D eigenvalue weighted by molar-refractivity contribution is 7.98. The summed E-state index contributed by atoms with van der Waals surface area (Å²) in [7, 11) is 0. The first-order valence-corrected chi connectivity index (χ1v) is 8.43. The van der Waals surface area contributed by atoms with E-state index in [1.165, 1.54) is 0 Å². The van der Waals surface area contributed by atoms with Crippen LogP contribution < -0.4 is 5.32 Å². The van der Waals surface area contributed by atoms with Crippen molar-refractivity contribution in [1.82, 2.24) is 10.2 Å². The summed E-state index contributed by atoms with van der Waals surface area (Å²) in [5.74, 6) is 0.0380. The van der Waals surface area contributed by atoms with Gasteiger partial charge in [-0.3, -0.25) is 4.79 Å². The Morgan fingerprint density at radius 2 is 2.00 bits per heavy atom. The maximum absolute atomic E-state index is 12.0. The second-order valence-corrected chi connectivity index (χ2v) is 7.60. The quantitative estimate of drug-likeness (QED) is 0.777. The van der Waals surface area contributed by atoms with Crippen molar-refractivity contribution in [2.75, 3.05) is 25.1 Å². The lowest BCUT2D eigenvalue weighted by Gasteiger charge is -2.50. The van der Waals surface area contributed by atoms with Gasteiger partial charge in [0.05, 0.1) is 12.0 Å². The summed E-state index contributed by atoms with van der Waals surface area (Å²) in [6, 6.07) is 0.195. The highest BCUT2D eigenvalue weighted by Crippen LogP contribution is 2.27. The minimum Gasteiger partial charge on any atom is -0.481 e. The van der Waals surface area contributed by atoms with Crippen molar-refractivity contribution in [3.63, 3.8) is 0 Å². The fourth-order valence-electron chi connectivity index (χ4n) is 2.50. The lowest BCUT2D eigenvalue weighted by Crippen LogP contribution is -2.72. The topological polar surface area (TPSA) is 78.9 Å². The molecule has 1 atom stereocenters. The number of carbonyl (C=O) groups is 2. The SMILES string of the molecule is CSCC(C)NC1(CC(=O)O)CN(C(=O)OC(C)(C)C)C1. The zero-order valence-electron chi connectivity index (χ0n) is 13.4. The third kappa shape index (κ3) is 5.74. The summed E-state index contributed by atoms with van der Waals surface area (Å²) in [6.45, 7) is 8.20. The van der Waals surface area contributed by atoms with E-state index in [9.17, 15) is 9.59 Å². The first-order valence-electron chi connectivity index (χ1n) is 7.03. The molecule has 7 heteroatoms. The molecule has 0 spiro atoms. The van der Waals surface area contributed by atoms with Gasteiger partial charge in [-0.05, 0) is 34.0 Å². The maximum Gasteiger partial charge on any atom is 0.410 e. The van der Waals surface area contributed by atoms with Crippen LogP contribution in [0, 0.1) is 0 Å². The maximum atomic E-state index is 12.0. The Balaban J connectivity index is 2.61. The molecule has 0 saturated carbocycles. The van der Waals surface area contributed by atoms with E-state index in [1.807, 2.05) is 34.0 Å². The predicted molar refractivity (Wildman–Crippen MR) is 83.8 cm³/mol. The molecule has 21 heavy (non-hydrogen) atoms. The van der Waals surface area contributed by atoms with E-state index in [4.69, 9.17) is 9.84 Å². The molecule has 6 nitrogen and oxygen atoms in total. The van der Waals surface area contributed by atoms with Gasteiger partial charge in [-0.15, -0.1) is 0 Å². The largest absolute Gasteiger partial charge is 0.481 e. The van der Waals surface area contributed by atoms with Gasteiger partial charge in [0.1, 0.15) is 5.60 Å². The lowest BCUT2D eigenvalue weighted by molar-refractivity contribution is -0.141. The summed E-state index contributed by atoms with van der Waals surface area (Å²) in [5, 5.41) is 12.4. The molecule has 1 aliphatic rings. The molecular formula is C14H26N2O4S. The van der Waals surface area contributed by atoms with Crippen LogP contribution in [0.25, 0.3) is 0 Å². The molecule has 0 bridgehead atoms. The van der Waals surface area contributed by atoms with Crippen LogP contribution in [-0.2, 0) is 9.53 Å². The number of amides is 1. The van der Waals surface area contributed by atoms with Gasteiger partial charge in [0.25, 0.3) is 0 Å². The Labute approximate surface area is 130 Å². The number of thioether (sulfide) groups is 1. The van der Waals surface area contributed by atoms with E-state index >= 15 is 0 Å². The third-order valence-corrected chi connectivity index (χ3v) is 3.93. The number of nitrogens with one attached hydrogen (secondary N) is 1. The van der Waals surface area contributed by atoms with Crippen LogP contribution >= 0.6 is 11.8 Å². The van der Waals surface area contributed by atoms with Crippen LogP contribution in [0.4, 0.5) is 4.79 Å². The summed E-state index contributed by atoms with van der Waals surface area (Å²) >= 11 is 1.70. The Kier molecular flexibility index (Phi) is 5.92. The van der Waals surface area contributed by atoms with E-state index in [2.05, 4.69) is 5.32 Å². The van der Waals surface area contributed by atoms with Gasteiger partial charge in [-0.1, -0.05) is 0 Å². The van der Waals surface area contributed by atoms with E-state index in [0.29, 0.717) is 13.1 Å². The molecule has 0 aromatic carbocycles. The van der Waals surface area contributed by atoms with Crippen LogP contribution in [0.1, 0.15) is 34.1 Å². The molecule has 1 aliphatic heterocycles. The van der Waals surface area contributed by atoms with Gasteiger partial charge in [0.15, 0.2) is 0 Å². The van der Waals surface area contributed by atoms with Gasteiger partial charge >= 0.3 is 12.1 Å². The van der Waals surface area contributed by atoms with E-state index in [1.54, 1.807) is 16.7 Å². The van der Waals surface area contributed by atoms with Gasteiger partial charge in [-0.25, -0.2) is 4.79 Å².